The summed E-state index contributed by atoms with van der Waals surface area (Å²) in [4.78, 5) is 30.7. The summed E-state index contributed by atoms with van der Waals surface area (Å²) in [6, 6.07) is 11.2. The van der Waals surface area contributed by atoms with Crippen molar-refractivity contribution in [2.45, 2.75) is 51.7 Å². The smallest absolute Gasteiger partial charge is 0.270 e. The van der Waals surface area contributed by atoms with Crippen LogP contribution in [0.3, 0.4) is 0 Å². The minimum Gasteiger partial charge on any atom is -0.497 e. The predicted molar refractivity (Wildman–Crippen MR) is 136 cm³/mol. The van der Waals surface area contributed by atoms with Gasteiger partial charge in [0.05, 0.1) is 13.7 Å². The number of aromatic nitrogens is 5. The van der Waals surface area contributed by atoms with E-state index in [0.717, 1.165) is 37.0 Å². The van der Waals surface area contributed by atoms with E-state index in [1.807, 2.05) is 37.3 Å². The van der Waals surface area contributed by atoms with Crippen molar-refractivity contribution in [2.24, 2.45) is 5.92 Å². The average Bonchev–Trinajstić information content (AvgIpc) is 3.36. The van der Waals surface area contributed by atoms with Gasteiger partial charge in [-0.05, 0) is 67.1 Å². The van der Waals surface area contributed by atoms with Gasteiger partial charge in [-0.15, -0.1) is 10.2 Å². The number of benzene rings is 1. The normalized spacial score (nSPS) is 17.3. The van der Waals surface area contributed by atoms with E-state index in [1.54, 1.807) is 18.0 Å². The minimum absolute atomic E-state index is 0.0710. The summed E-state index contributed by atoms with van der Waals surface area (Å²) in [5.74, 6) is 1.12. The van der Waals surface area contributed by atoms with Crippen LogP contribution in [0.5, 0.6) is 5.75 Å². The molecule has 1 fully saturated rings. The van der Waals surface area contributed by atoms with Gasteiger partial charge in [0, 0.05) is 31.0 Å². The molecule has 1 aliphatic carbocycles. The predicted octanol–water partition coefficient (Wildman–Crippen LogP) is 2.30. The lowest BCUT2D eigenvalue weighted by atomic mass is 9.85. The zero-order valence-electron chi connectivity index (χ0n) is 21.4. The Kier molecular flexibility index (Phi) is 8.78. The molecule has 196 valence electrons. The molecule has 2 heterocycles. The number of ether oxygens (including phenoxy) is 2. The first kappa shape index (κ1) is 26.2. The van der Waals surface area contributed by atoms with Crippen molar-refractivity contribution in [3.05, 3.63) is 53.3 Å². The molecule has 0 bridgehead atoms. The lowest BCUT2D eigenvalue weighted by Gasteiger charge is -2.29. The third-order valence-corrected chi connectivity index (χ3v) is 6.33. The number of tetrazole rings is 1. The minimum atomic E-state index is -0.288. The van der Waals surface area contributed by atoms with Crippen LogP contribution in [0.4, 0.5) is 0 Å². The first-order valence-electron chi connectivity index (χ1n) is 12.4. The highest BCUT2D eigenvalue weighted by atomic mass is 16.5. The van der Waals surface area contributed by atoms with E-state index >= 15 is 0 Å². The molecule has 0 unspecified atom stereocenters. The summed E-state index contributed by atoms with van der Waals surface area (Å²) < 4.78 is 10.1. The van der Waals surface area contributed by atoms with Gasteiger partial charge in [0.25, 0.3) is 5.91 Å². The largest absolute Gasteiger partial charge is 0.497 e. The molecule has 0 saturated heterocycles. The molecule has 0 radical (unpaired) electrons. The van der Waals surface area contributed by atoms with Gasteiger partial charge in [0.15, 0.2) is 0 Å². The van der Waals surface area contributed by atoms with E-state index in [0.29, 0.717) is 36.1 Å². The number of pyridine rings is 1. The number of amides is 2. The topological polar surface area (TPSA) is 133 Å². The highest BCUT2D eigenvalue weighted by Gasteiger charge is 2.24. The second-order valence-electron chi connectivity index (χ2n) is 9.31. The molecule has 11 heteroatoms. The van der Waals surface area contributed by atoms with Crippen molar-refractivity contribution in [2.75, 3.05) is 20.8 Å². The number of rotatable bonds is 10. The van der Waals surface area contributed by atoms with Crippen LogP contribution in [0.2, 0.25) is 0 Å². The van der Waals surface area contributed by atoms with Gasteiger partial charge in [-0.2, -0.15) is 4.80 Å². The van der Waals surface area contributed by atoms with Gasteiger partial charge in [0.1, 0.15) is 18.1 Å². The van der Waals surface area contributed by atoms with Crippen LogP contribution in [-0.2, 0) is 22.6 Å². The summed E-state index contributed by atoms with van der Waals surface area (Å²) in [5.41, 5.74) is 2.57. The lowest BCUT2D eigenvalue weighted by Crippen LogP contribution is -2.40. The molecule has 1 aromatic carbocycles. The highest BCUT2D eigenvalue weighted by Crippen LogP contribution is 2.26. The maximum atomic E-state index is 12.8. The van der Waals surface area contributed by atoms with Crippen LogP contribution in [0.25, 0.3) is 11.4 Å². The van der Waals surface area contributed by atoms with Crippen LogP contribution in [0.15, 0.2) is 36.4 Å². The van der Waals surface area contributed by atoms with Gasteiger partial charge in [-0.1, -0.05) is 18.6 Å². The third kappa shape index (κ3) is 7.32. The highest BCUT2D eigenvalue weighted by molar-refractivity contribution is 5.93. The second kappa shape index (κ2) is 12.4. The fourth-order valence-corrected chi connectivity index (χ4v) is 4.62. The molecule has 3 aromatic rings. The Labute approximate surface area is 216 Å². The van der Waals surface area contributed by atoms with Gasteiger partial charge in [-0.25, -0.2) is 4.98 Å². The maximum Gasteiger partial charge on any atom is 0.270 e. The van der Waals surface area contributed by atoms with Crippen LogP contribution in [0.1, 0.15) is 47.4 Å². The van der Waals surface area contributed by atoms with E-state index in [9.17, 15) is 9.59 Å². The number of aryl methyl sites for hydroxylation is 1. The number of hydrogen-bond donors (Lipinski definition) is 2. The Morgan fingerprint density at radius 2 is 2.03 bits per heavy atom. The summed E-state index contributed by atoms with van der Waals surface area (Å²) in [6.45, 7) is 2.86. The fourth-order valence-electron chi connectivity index (χ4n) is 4.62. The summed E-state index contributed by atoms with van der Waals surface area (Å²) in [5, 5.41) is 18.9. The Morgan fingerprint density at radius 1 is 1.16 bits per heavy atom. The standard InChI is InChI=1S/C26H33N7O4/c1-17-10-20(13-23(28-17)26(35)27-14-18-6-5-9-22(12-18)37-3)25-30-32-33(31-25)15-19-7-4-8-21(11-19)29-24(34)16-36-2/h5-6,9-10,12-13,19,21H,4,7-8,11,14-16H2,1-3H3,(H,27,35)(H,29,34)/t19-,21-/m1/s1. The van der Waals surface area contributed by atoms with E-state index in [-0.39, 0.29) is 30.2 Å². The molecule has 37 heavy (non-hydrogen) atoms. The zero-order chi connectivity index (χ0) is 26.2. The maximum absolute atomic E-state index is 12.8. The summed E-state index contributed by atoms with van der Waals surface area (Å²) >= 11 is 0. The Morgan fingerprint density at radius 3 is 2.84 bits per heavy atom. The lowest BCUT2D eigenvalue weighted by molar-refractivity contribution is -0.125. The van der Waals surface area contributed by atoms with Gasteiger partial charge in [-0.3, -0.25) is 9.59 Å². The van der Waals surface area contributed by atoms with Gasteiger partial charge < -0.3 is 20.1 Å². The van der Waals surface area contributed by atoms with Gasteiger partial charge in [0.2, 0.25) is 11.7 Å². The zero-order valence-corrected chi connectivity index (χ0v) is 21.4. The second-order valence-corrected chi connectivity index (χ2v) is 9.31. The molecule has 2 N–H and O–H groups in total. The van der Waals surface area contributed by atoms with E-state index in [1.165, 1.54) is 7.11 Å². The first-order valence-corrected chi connectivity index (χ1v) is 12.4. The SMILES string of the molecule is COCC(=O)N[C@@H]1CCC[C@@H](Cn2nnc(-c3cc(C)nc(C(=O)NCc4cccc(OC)c4)c3)n2)C1. The number of hydrogen-bond acceptors (Lipinski definition) is 8. The number of methoxy groups -OCH3 is 2. The van der Waals surface area contributed by atoms with Crippen molar-refractivity contribution in [3.8, 4) is 17.1 Å². The molecular weight excluding hydrogens is 474 g/mol. The van der Waals surface area contributed by atoms with E-state index in [2.05, 4.69) is 31.0 Å². The Hall–Kier alpha value is -3.86. The van der Waals surface area contributed by atoms with Crippen molar-refractivity contribution in [1.29, 1.82) is 0 Å². The van der Waals surface area contributed by atoms with Crippen molar-refractivity contribution >= 4 is 11.8 Å². The summed E-state index contributed by atoms with van der Waals surface area (Å²) in [6.07, 6.45) is 3.89. The number of carbonyl (C=O) groups is 2. The Balaban J connectivity index is 1.38. The first-order chi connectivity index (χ1) is 17.9. The molecule has 11 nitrogen and oxygen atoms in total. The molecule has 2 aromatic heterocycles. The van der Waals surface area contributed by atoms with Crippen LogP contribution >= 0.6 is 0 Å². The van der Waals surface area contributed by atoms with E-state index in [4.69, 9.17) is 9.47 Å². The quantitative estimate of drug-likeness (QED) is 0.427. The average molecular weight is 508 g/mol. The monoisotopic (exact) mass is 507 g/mol. The van der Waals surface area contributed by atoms with E-state index < -0.39 is 0 Å². The third-order valence-electron chi connectivity index (χ3n) is 6.33. The number of carbonyl (C=O) groups excluding carboxylic acids is 2. The molecule has 0 aliphatic heterocycles. The van der Waals surface area contributed by atoms with Crippen LogP contribution < -0.4 is 15.4 Å². The number of nitrogens with one attached hydrogen (secondary N) is 2. The van der Waals surface area contributed by atoms with Crippen LogP contribution in [-0.4, -0.2) is 63.9 Å². The van der Waals surface area contributed by atoms with Crippen molar-refractivity contribution in [1.82, 2.24) is 35.8 Å². The van der Waals surface area contributed by atoms with Crippen molar-refractivity contribution < 1.29 is 19.1 Å². The molecule has 2 atom stereocenters. The summed E-state index contributed by atoms with van der Waals surface area (Å²) in [7, 11) is 3.12. The molecule has 2 amide bonds. The van der Waals surface area contributed by atoms with Crippen LogP contribution in [0, 0.1) is 12.8 Å². The van der Waals surface area contributed by atoms with Crippen molar-refractivity contribution in [3.63, 3.8) is 0 Å². The molecule has 1 saturated carbocycles. The molecular formula is C26H33N7O4. The number of nitrogens with zero attached hydrogens (tertiary/aromatic N) is 5. The molecule has 4 rings (SSSR count). The Bertz CT molecular complexity index is 1230. The molecule has 0 spiro atoms. The molecule has 1 aliphatic rings. The fraction of sp³-hybridized carbons (Fsp3) is 0.462. The van der Waals surface area contributed by atoms with Gasteiger partial charge >= 0.3 is 0 Å².